The number of nitrogens with zero attached hydrogens (tertiary/aromatic N) is 1. The fraction of sp³-hybridized carbons (Fsp3) is 0.500. The van der Waals surface area contributed by atoms with Crippen LogP contribution in [0.4, 0.5) is 0 Å². The Hall–Kier alpha value is -1.86. The summed E-state index contributed by atoms with van der Waals surface area (Å²) >= 11 is 5.35. The maximum Gasteiger partial charge on any atom is 0.257 e. The van der Waals surface area contributed by atoms with Gasteiger partial charge in [-0.1, -0.05) is 0 Å². The summed E-state index contributed by atoms with van der Waals surface area (Å²) in [5.74, 6) is 0.796. The Labute approximate surface area is 141 Å². The van der Waals surface area contributed by atoms with Crippen LogP contribution in [0.25, 0.3) is 0 Å². The minimum atomic E-state index is -0.275. The molecule has 1 N–H and O–H groups in total. The first kappa shape index (κ1) is 17.5. The molecule has 2 atom stereocenters. The summed E-state index contributed by atoms with van der Waals surface area (Å²) in [6.45, 7) is 5.30. The second-order valence-electron chi connectivity index (χ2n) is 5.49. The molecule has 6 nitrogen and oxygen atoms in total. The van der Waals surface area contributed by atoms with Crippen LogP contribution in [0, 0.1) is 0 Å². The highest BCUT2D eigenvalue weighted by Crippen LogP contribution is 2.27. The van der Waals surface area contributed by atoms with E-state index in [1.807, 2.05) is 18.7 Å². The van der Waals surface area contributed by atoms with Gasteiger partial charge in [-0.15, -0.1) is 0 Å². The Balaban J connectivity index is 2.05. The van der Waals surface area contributed by atoms with Crippen molar-refractivity contribution in [3.05, 3.63) is 23.8 Å². The Morgan fingerprint density at radius 2 is 1.83 bits per heavy atom. The molecule has 23 heavy (non-hydrogen) atoms. The van der Waals surface area contributed by atoms with Crippen molar-refractivity contribution in [3.8, 4) is 11.5 Å². The summed E-state index contributed by atoms with van der Waals surface area (Å²) in [4.78, 5) is 14.3. The van der Waals surface area contributed by atoms with Gasteiger partial charge in [-0.3, -0.25) is 10.1 Å². The second-order valence-corrected chi connectivity index (χ2v) is 5.88. The SMILES string of the molecule is COc1ccc(C(=O)NC(=S)N2C[C@@H](C)O[C@H](C)C2)cc1OC. The summed E-state index contributed by atoms with van der Waals surface area (Å²) in [6.07, 6.45) is 0.157. The van der Waals surface area contributed by atoms with E-state index in [9.17, 15) is 4.79 Å². The number of thiocarbonyl (C=S) groups is 1. The van der Waals surface area contributed by atoms with Crippen LogP contribution in [0.5, 0.6) is 11.5 Å². The summed E-state index contributed by atoms with van der Waals surface area (Å²) in [5.41, 5.74) is 0.458. The Bertz CT molecular complexity index is 583. The standard InChI is InChI=1S/C16H22N2O4S/c1-10-8-18(9-11(2)22-10)16(23)17-15(19)12-5-6-13(20-3)14(7-12)21-4/h5-7,10-11H,8-9H2,1-4H3,(H,17,19,23)/t10-,11-/m1/s1. The van der Waals surface area contributed by atoms with E-state index in [2.05, 4.69) is 5.32 Å². The average molecular weight is 338 g/mol. The highest BCUT2D eigenvalue weighted by molar-refractivity contribution is 7.80. The molecule has 0 spiro atoms. The van der Waals surface area contributed by atoms with Crippen LogP contribution in [0.1, 0.15) is 24.2 Å². The van der Waals surface area contributed by atoms with Gasteiger partial charge in [-0.05, 0) is 44.3 Å². The summed E-state index contributed by atoms with van der Waals surface area (Å²) in [7, 11) is 3.08. The molecule has 2 rings (SSSR count). The van der Waals surface area contributed by atoms with Crippen molar-refractivity contribution in [2.45, 2.75) is 26.1 Å². The molecular formula is C16H22N2O4S. The smallest absolute Gasteiger partial charge is 0.257 e. The van der Waals surface area contributed by atoms with Gasteiger partial charge < -0.3 is 19.1 Å². The van der Waals surface area contributed by atoms with Crippen LogP contribution in [-0.4, -0.2) is 55.4 Å². The number of ether oxygens (including phenoxy) is 3. The number of carbonyl (C=O) groups is 1. The van der Waals surface area contributed by atoms with Gasteiger partial charge in [0.15, 0.2) is 16.6 Å². The molecule has 1 fully saturated rings. The average Bonchev–Trinajstić information content (AvgIpc) is 2.53. The fourth-order valence-electron chi connectivity index (χ4n) is 2.57. The number of rotatable bonds is 3. The second kappa shape index (κ2) is 7.61. The number of amides is 1. The zero-order valence-electron chi connectivity index (χ0n) is 13.8. The zero-order chi connectivity index (χ0) is 17.0. The zero-order valence-corrected chi connectivity index (χ0v) is 14.6. The maximum absolute atomic E-state index is 12.4. The summed E-state index contributed by atoms with van der Waals surface area (Å²) < 4.78 is 16.0. The van der Waals surface area contributed by atoms with E-state index in [0.29, 0.717) is 35.3 Å². The molecule has 0 unspecified atom stereocenters. The van der Waals surface area contributed by atoms with Gasteiger partial charge in [0.2, 0.25) is 0 Å². The van der Waals surface area contributed by atoms with E-state index in [1.165, 1.54) is 7.11 Å². The minimum Gasteiger partial charge on any atom is -0.493 e. The normalized spacial score (nSPS) is 20.8. The highest BCUT2D eigenvalue weighted by atomic mass is 32.1. The molecule has 0 aliphatic carbocycles. The third kappa shape index (κ3) is 4.33. The van der Waals surface area contributed by atoms with Crippen LogP contribution < -0.4 is 14.8 Å². The quantitative estimate of drug-likeness (QED) is 0.849. The molecule has 1 heterocycles. The third-order valence-corrected chi connectivity index (χ3v) is 3.93. The van der Waals surface area contributed by atoms with Crippen molar-refractivity contribution < 1.29 is 19.0 Å². The van der Waals surface area contributed by atoms with E-state index in [-0.39, 0.29) is 18.1 Å². The Kier molecular flexibility index (Phi) is 5.79. The van der Waals surface area contributed by atoms with Crippen LogP contribution in [0.15, 0.2) is 18.2 Å². The monoisotopic (exact) mass is 338 g/mol. The number of carbonyl (C=O) groups excluding carboxylic acids is 1. The number of hydrogen-bond donors (Lipinski definition) is 1. The van der Waals surface area contributed by atoms with Crippen LogP contribution >= 0.6 is 12.2 Å². The largest absolute Gasteiger partial charge is 0.493 e. The molecule has 1 saturated heterocycles. The van der Waals surface area contributed by atoms with E-state index < -0.39 is 0 Å². The number of methoxy groups -OCH3 is 2. The first-order valence-corrected chi connectivity index (χ1v) is 7.83. The van der Waals surface area contributed by atoms with E-state index >= 15 is 0 Å². The molecule has 0 aromatic heterocycles. The molecule has 0 bridgehead atoms. The lowest BCUT2D eigenvalue weighted by Crippen LogP contribution is -2.52. The van der Waals surface area contributed by atoms with Crippen LogP contribution in [-0.2, 0) is 4.74 Å². The predicted octanol–water partition coefficient (Wildman–Crippen LogP) is 1.83. The molecule has 1 aromatic carbocycles. The van der Waals surface area contributed by atoms with Crippen molar-refractivity contribution in [2.75, 3.05) is 27.3 Å². The van der Waals surface area contributed by atoms with Gasteiger partial charge in [-0.2, -0.15) is 0 Å². The van der Waals surface area contributed by atoms with Gasteiger partial charge in [0.1, 0.15) is 0 Å². The molecule has 0 saturated carbocycles. The number of hydrogen-bond acceptors (Lipinski definition) is 5. The van der Waals surface area contributed by atoms with Crippen molar-refractivity contribution in [3.63, 3.8) is 0 Å². The van der Waals surface area contributed by atoms with Gasteiger partial charge in [0.05, 0.1) is 26.4 Å². The van der Waals surface area contributed by atoms with E-state index in [0.717, 1.165) is 0 Å². The lowest BCUT2D eigenvalue weighted by molar-refractivity contribution is -0.0481. The molecular weight excluding hydrogens is 316 g/mol. The number of morpholine rings is 1. The van der Waals surface area contributed by atoms with Crippen LogP contribution in [0.2, 0.25) is 0 Å². The topological polar surface area (TPSA) is 60.0 Å². The Morgan fingerprint density at radius 1 is 1.22 bits per heavy atom. The lowest BCUT2D eigenvalue weighted by Gasteiger charge is -2.36. The molecule has 1 aliphatic heterocycles. The molecule has 126 valence electrons. The Morgan fingerprint density at radius 3 is 2.39 bits per heavy atom. The summed E-state index contributed by atoms with van der Waals surface area (Å²) in [6, 6.07) is 4.99. The fourth-order valence-corrected chi connectivity index (χ4v) is 2.81. The molecule has 1 aliphatic rings. The maximum atomic E-state index is 12.4. The number of nitrogens with one attached hydrogen (secondary N) is 1. The van der Waals surface area contributed by atoms with Gasteiger partial charge in [-0.25, -0.2) is 0 Å². The first-order chi connectivity index (χ1) is 10.9. The molecule has 1 amide bonds. The van der Waals surface area contributed by atoms with Gasteiger partial charge in [0.25, 0.3) is 5.91 Å². The van der Waals surface area contributed by atoms with Crippen molar-refractivity contribution in [1.82, 2.24) is 10.2 Å². The van der Waals surface area contributed by atoms with Crippen molar-refractivity contribution >= 4 is 23.2 Å². The highest BCUT2D eigenvalue weighted by Gasteiger charge is 2.25. The number of benzene rings is 1. The first-order valence-electron chi connectivity index (χ1n) is 7.42. The lowest BCUT2D eigenvalue weighted by atomic mass is 10.2. The predicted molar refractivity (Wildman–Crippen MR) is 91.2 cm³/mol. The minimum absolute atomic E-state index is 0.0784. The van der Waals surface area contributed by atoms with E-state index in [1.54, 1.807) is 25.3 Å². The van der Waals surface area contributed by atoms with Crippen molar-refractivity contribution in [1.29, 1.82) is 0 Å². The molecule has 7 heteroatoms. The molecule has 1 aromatic rings. The molecule has 0 radical (unpaired) electrons. The van der Waals surface area contributed by atoms with Crippen LogP contribution in [0.3, 0.4) is 0 Å². The van der Waals surface area contributed by atoms with Crippen molar-refractivity contribution in [2.24, 2.45) is 0 Å². The van der Waals surface area contributed by atoms with E-state index in [4.69, 9.17) is 26.4 Å². The van der Waals surface area contributed by atoms with Gasteiger partial charge in [0, 0.05) is 18.7 Å². The summed E-state index contributed by atoms with van der Waals surface area (Å²) in [5, 5.41) is 3.17. The third-order valence-electron chi connectivity index (χ3n) is 3.57. The van der Waals surface area contributed by atoms with Gasteiger partial charge >= 0.3 is 0 Å².